The van der Waals surface area contributed by atoms with Gasteiger partial charge in [0.05, 0.1) is 39.1 Å². The Labute approximate surface area is 197 Å². The fourth-order valence-corrected chi connectivity index (χ4v) is 4.66. The van der Waals surface area contributed by atoms with Crippen molar-refractivity contribution in [3.63, 3.8) is 0 Å². The van der Waals surface area contributed by atoms with Crippen molar-refractivity contribution in [3.8, 4) is 39.1 Å². The number of methoxy groups -OCH3 is 3. The molecule has 0 aliphatic heterocycles. The Balaban J connectivity index is 1.41. The fourth-order valence-electron chi connectivity index (χ4n) is 3.11. The van der Waals surface area contributed by atoms with Crippen molar-refractivity contribution < 1.29 is 23.4 Å². The highest BCUT2D eigenvalue weighted by molar-refractivity contribution is 7.14. The summed E-state index contributed by atoms with van der Waals surface area (Å²) in [5.74, 6) is 0.708. The maximum absolute atomic E-state index is 14.0. The molecule has 1 N–H and O–H groups in total. The molecule has 2 aromatic heterocycles. The lowest BCUT2D eigenvalue weighted by Gasteiger charge is -2.08. The number of anilines is 1. The van der Waals surface area contributed by atoms with Gasteiger partial charge in [0.15, 0.2) is 28.2 Å². The van der Waals surface area contributed by atoms with Crippen LogP contribution in [-0.2, 0) is 11.2 Å². The molecule has 7 nitrogen and oxygen atoms in total. The number of halogens is 1. The van der Waals surface area contributed by atoms with Gasteiger partial charge in [-0.2, -0.15) is 0 Å². The second-order valence-electron chi connectivity index (χ2n) is 6.83. The molecule has 0 bridgehead atoms. The Morgan fingerprint density at radius 2 is 1.64 bits per heavy atom. The standard InChI is InChI=1S/C23H20FN3O4S2/c1-29-18-6-4-13(8-16(18)24)17-12-33-23(26-17)27-21(28)10-15-11-32-22(25-15)14-5-7-19(30-2)20(9-14)31-3/h4-9,11-12H,10H2,1-3H3,(H,26,27,28). The summed E-state index contributed by atoms with van der Waals surface area (Å²) >= 11 is 2.71. The van der Waals surface area contributed by atoms with Gasteiger partial charge in [-0.15, -0.1) is 22.7 Å². The minimum Gasteiger partial charge on any atom is -0.494 e. The second-order valence-corrected chi connectivity index (χ2v) is 8.54. The van der Waals surface area contributed by atoms with Crippen LogP contribution in [-0.4, -0.2) is 37.2 Å². The monoisotopic (exact) mass is 485 g/mol. The van der Waals surface area contributed by atoms with Gasteiger partial charge in [0.25, 0.3) is 0 Å². The summed E-state index contributed by atoms with van der Waals surface area (Å²) in [6.07, 6.45) is 0.107. The molecule has 4 aromatic rings. The number of thiazole rings is 2. The van der Waals surface area contributed by atoms with Crippen LogP contribution in [0.3, 0.4) is 0 Å². The zero-order chi connectivity index (χ0) is 23.4. The lowest BCUT2D eigenvalue weighted by atomic mass is 10.1. The Morgan fingerprint density at radius 1 is 0.909 bits per heavy atom. The first-order valence-electron chi connectivity index (χ1n) is 9.76. The average Bonchev–Trinajstić information content (AvgIpc) is 3.48. The van der Waals surface area contributed by atoms with Gasteiger partial charge in [-0.3, -0.25) is 4.79 Å². The van der Waals surface area contributed by atoms with E-state index in [-0.39, 0.29) is 18.1 Å². The van der Waals surface area contributed by atoms with Gasteiger partial charge in [0.2, 0.25) is 5.91 Å². The molecular weight excluding hydrogens is 465 g/mol. The van der Waals surface area contributed by atoms with Gasteiger partial charge < -0.3 is 19.5 Å². The van der Waals surface area contributed by atoms with Gasteiger partial charge in [-0.25, -0.2) is 14.4 Å². The highest BCUT2D eigenvalue weighted by atomic mass is 32.1. The molecule has 2 heterocycles. The van der Waals surface area contributed by atoms with Crippen molar-refractivity contribution in [2.75, 3.05) is 26.6 Å². The summed E-state index contributed by atoms with van der Waals surface area (Å²) < 4.78 is 29.5. The summed E-state index contributed by atoms with van der Waals surface area (Å²) in [5.41, 5.74) is 2.70. The number of carbonyl (C=O) groups is 1. The van der Waals surface area contributed by atoms with E-state index in [2.05, 4.69) is 15.3 Å². The number of aromatic nitrogens is 2. The SMILES string of the molecule is COc1ccc(-c2csc(NC(=O)Cc3csc(-c4ccc(OC)c(OC)c4)n3)n2)cc1F. The van der Waals surface area contributed by atoms with Crippen LogP contribution >= 0.6 is 22.7 Å². The Morgan fingerprint density at radius 3 is 2.36 bits per heavy atom. The number of nitrogens with one attached hydrogen (secondary N) is 1. The van der Waals surface area contributed by atoms with Crippen LogP contribution in [0, 0.1) is 5.82 Å². The maximum atomic E-state index is 14.0. The molecule has 0 fully saturated rings. The van der Waals surface area contributed by atoms with Gasteiger partial charge in [0.1, 0.15) is 5.01 Å². The maximum Gasteiger partial charge on any atom is 0.232 e. The Kier molecular flexibility index (Phi) is 6.85. The zero-order valence-corrected chi connectivity index (χ0v) is 19.7. The van der Waals surface area contributed by atoms with Crippen molar-refractivity contribution in [3.05, 3.63) is 58.7 Å². The summed E-state index contributed by atoms with van der Waals surface area (Å²) in [6, 6.07) is 10.2. The van der Waals surface area contributed by atoms with Gasteiger partial charge in [-0.05, 0) is 36.4 Å². The molecular formula is C23H20FN3O4S2. The first-order chi connectivity index (χ1) is 16.0. The summed E-state index contributed by atoms with van der Waals surface area (Å²) in [4.78, 5) is 21.4. The van der Waals surface area contributed by atoms with E-state index in [0.29, 0.717) is 33.6 Å². The van der Waals surface area contributed by atoms with Crippen molar-refractivity contribution in [1.29, 1.82) is 0 Å². The number of nitrogens with zero attached hydrogens (tertiary/aromatic N) is 2. The normalized spacial score (nSPS) is 10.7. The molecule has 170 valence electrons. The molecule has 4 rings (SSSR count). The fraction of sp³-hybridized carbons (Fsp3) is 0.174. The van der Waals surface area contributed by atoms with Gasteiger partial charge >= 0.3 is 0 Å². The predicted octanol–water partition coefficient (Wildman–Crippen LogP) is 5.28. The van der Waals surface area contributed by atoms with E-state index >= 15 is 0 Å². The molecule has 0 radical (unpaired) electrons. The zero-order valence-electron chi connectivity index (χ0n) is 18.0. The second kappa shape index (κ2) is 9.97. The number of benzene rings is 2. The molecule has 2 aromatic carbocycles. The molecule has 0 saturated heterocycles. The third-order valence-corrected chi connectivity index (χ3v) is 6.42. The Hall–Kier alpha value is -3.50. The molecule has 0 unspecified atom stereocenters. The predicted molar refractivity (Wildman–Crippen MR) is 127 cm³/mol. The van der Waals surface area contributed by atoms with Crippen molar-refractivity contribution in [2.24, 2.45) is 0 Å². The third kappa shape index (κ3) is 5.12. The van der Waals surface area contributed by atoms with Crippen LogP contribution in [0.25, 0.3) is 21.8 Å². The Bertz CT molecular complexity index is 1290. The van der Waals surface area contributed by atoms with Crippen LogP contribution in [0.4, 0.5) is 9.52 Å². The van der Waals surface area contributed by atoms with Crippen LogP contribution < -0.4 is 19.5 Å². The molecule has 1 amide bonds. The minimum absolute atomic E-state index is 0.107. The average molecular weight is 486 g/mol. The molecule has 0 saturated carbocycles. The number of carbonyl (C=O) groups excluding carboxylic acids is 1. The van der Waals surface area contributed by atoms with Crippen LogP contribution in [0.2, 0.25) is 0 Å². The molecule has 10 heteroatoms. The third-order valence-electron chi connectivity index (χ3n) is 4.72. The van der Waals surface area contributed by atoms with Crippen molar-refractivity contribution in [1.82, 2.24) is 9.97 Å². The number of rotatable bonds is 8. The molecule has 0 aliphatic carbocycles. The molecule has 0 aliphatic rings. The molecule has 0 atom stereocenters. The first kappa shape index (κ1) is 22.7. The van der Waals surface area contributed by atoms with Crippen LogP contribution in [0.5, 0.6) is 17.2 Å². The summed E-state index contributed by atoms with van der Waals surface area (Å²) in [5, 5.41) is 7.59. The summed E-state index contributed by atoms with van der Waals surface area (Å²) in [7, 11) is 4.57. The largest absolute Gasteiger partial charge is 0.494 e. The lowest BCUT2D eigenvalue weighted by Crippen LogP contribution is -2.14. The quantitative estimate of drug-likeness (QED) is 0.366. The van der Waals surface area contributed by atoms with Crippen molar-refractivity contribution >= 4 is 33.7 Å². The number of hydrogen-bond donors (Lipinski definition) is 1. The topological polar surface area (TPSA) is 82.6 Å². The van der Waals surface area contributed by atoms with E-state index < -0.39 is 5.82 Å². The lowest BCUT2D eigenvalue weighted by molar-refractivity contribution is -0.115. The van der Waals surface area contributed by atoms with Crippen molar-refractivity contribution in [2.45, 2.75) is 6.42 Å². The van der Waals surface area contributed by atoms with E-state index in [1.54, 1.807) is 31.7 Å². The molecule has 33 heavy (non-hydrogen) atoms. The number of hydrogen-bond acceptors (Lipinski definition) is 8. The minimum atomic E-state index is -0.470. The van der Waals surface area contributed by atoms with Crippen LogP contribution in [0.1, 0.15) is 5.69 Å². The van der Waals surface area contributed by atoms with E-state index in [1.807, 2.05) is 23.6 Å². The summed E-state index contributed by atoms with van der Waals surface area (Å²) in [6.45, 7) is 0. The first-order valence-corrected chi connectivity index (χ1v) is 11.5. The van der Waals surface area contributed by atoms with Crippen LogP contribution in [0.15, 0.2) is 47.2 Å². The number of ether oxygens (including phenoxy) is 3. The highest BCUT2D eigenvalue weighted by Crippen LogP contribution is 2.34. The smallest absolute Gasteiger partial charge is 0.232 e. The van der Waals surface area contributed by atoms with Gasteiger partial charge in [0, 0.05) is 21.9 Å². The van der Waals surface area contributed by atoms with E-state index in [4.69, 9.17) is 14.2 Å². The van der Waals surface area contributed by atoms with E-state index in [1.165, 1.54) is 35.8 Å². The number of amides is 1. The van der Waals surface area contributed by atoms with E-state index in [0.717, 1.165) is 10.6 Å². The highest BCUT2D eigenvalue weighted by Gasteiger charge is 2.14. The van der Waals surface area contributed by atoms with Gasteiger partial charge in [-0.1, -0.05) is 0 Å². The molecule has 0 spiro atoms. The van der Waals surface area contributed by atoms with E-state index in [9.17, 15) is 9.18 Å².